The molecule has 1 aromatic carbocycles. The number of halogens is 3. The van der Waals surface area contributed by atoms with Crippen LogP contribution in [0.4, 0.5) is 4.39 Å². The first-order valence-corrected chi connectivity index (χ1v) is 6.01. The zero-order chi connectivity index (χ0) is 12.3. The molecule has 0 saturated heterocycles. The lowest BCUT2D eigenvalue weighted by Crippen LogP contribution is -1.99. The molecule has 0 atom stereocenters. The van der Waals surface area contributed by atoms with Crippen molar-refractivity contribution in [2.75, 3.05) is 0 Å². The fraction of sp³-hybridized carbons (Fsp3) is 0.0833. The molecule has 2 rings (SSSR count). The minimum Gasteiger partial charge on any atom is -0.486 e. The fourth-order valence-corrected chi connectivity index (χ4v) is 1.78. The van der Waals surface area contributed by atoms with Crippen molar-refractivity contribution in [2.45, 2.75) is 6.61 Å². The van der Waals surface area contributed by atoms with Gasteiger partial charge in [-0.05, 0) is 24.3 Å². The molecule has 0 radical (unpaired) electrons. The van der Waals surface area contributed by atoms with Gasteiger partial charge in [0, 0.05) is 16.2 Å². The molecule has 0 aliphatic carbocycles. The lowest BCUT2D eigenvalue weighted by atomic mass is 10.2. The van der Waals surface area contributed by atoms with Gasteiger partial charge in [-0.2, -0.15) is 0 Å². The highest BCUT2D eigenvalue weighted by atomic mass is 79.9. The molecule has 0 amide bonds. The lowest BCUT2D eigenvalue weighted by Gasteiger charge is -2.08. The Morgan fingerprint density at radius 2 is 2.18 bits per heavy atom. The predicted molar refractivity (Wildman–Crippen MR) is 67.7 cm³/mol. The van der Waals surface area contributed by atoms with E-state index in [0.717, 1.165) is 0 Å². The van der Waals surface area contributed by atoms with Gasteiger partial charge in [-0.3, -0.25) is 0 Å². The highest BCUT2D eigenvalue weighted by Crippen LogP contribution is 2.22. The molecule has 0 aliphatic heterocycles. The molecule has 1 heterocycles. The van der Waals surface area contributed by atoms with Gasteiger partial charge in [-0.25, -0.2) is 9.37 Å². The van der Waals surface area contributed by atoms with E-state index in [1.165, 1.54) is 6.07 Å². The Bertz CT molecular complexity index is 536. The van der Waals surface area contributed by atoms with Crippen molar-refractivity contribution in [1.29, 1.82) is 0 Å². The average Bonchev–Trinajstić information content (AvgIpc) is 2.30. The summed E-state index contributed by atoms with van der Waals surface area (Å²) in [4.78, 5) is 3.87. The molecule has 0 fully saturated rings. The maximum absolute atomic E-state index is 13.5. The molecule has 0 N–H and O–H groups in total. The van der Waals surface area contributed by atoms with Crippen molar-refractivity contribution >= 4 is 27.5 Å². The van der Waals surface area contributed by atoms with Crippen molar-refractivity contribution in [3.63, 3.8) is 0 Å². The van der Waals surface area contributed by atoms with Crippen LogP contribution in [0.2, 0.25) is 5.15 Å². The van der Waals surface area contributed by atoms with Crippen LogP contribution < -0.4 is 4.74 Å². The summed E-state index contributed by atoms with van der Waals surface area (Å²) in [6.07, 6.45) is 1.56. The van der Waals surface area contributed by atoms with Crippen LogP contribution in [0.5, 0.6) is 5.75 Å². The van der Waals surface area contributed by atoms with E-state index in [1.807, 2.05) is 0 Å². The molecule has 2 aromatic rings. The van der Waals surface area contributed by atoms with E-state index in [9.17, 15) is 4.39 Å². The molecule has 0 aliphatic rings. The van der Waals surface area contributed by atoms with Crippen LogP contribution in [0, 0.1) is 5.82 Å². The molecule has 2 nitrogen and oxygen atoms in total. The summed E-state index contributed by atoms with van der Waals surface area (Å²) in [5.41, 5.74) is 0.466. The van der Waals surface area contributed by atoms with Crippen molar-refractivity contribution < 1.29 is 9.13 Å². The van der Waals surface area contributed by atoms with Gasteiger partial charge >= 0.3 is 0 Å². The van der Waals surface area contributed by atoms with Crippen LogP contribution in [-0.2, 0) is 6.61 Å². The van der Waals surface area contributed by atoms with Crippen LogP contribution in [0.3, 0.4) is 0 Å². The van der Waals surface area contributed by atoms with Crippen LogP contribution >= 0.6 is 27.5 Å². The predicted octanol–water partition coefficient (Wildman–Crippen LogP) is 4.22. The van der Waals surface area contributed by atoms with Gasteiger partial charge in [0.15, 0.2) is 10.9 Å². The second-order valence-electron chi connectivity index (χ2n) is 3.32. The average molecular weight is 317 g/mol. The van der Waals surface area contributed by atoms with E-state index in [2.05, 4.69) is 20.9 Å². The standard InChI is InChI=1S/C12H8BrClFNO/c13-9-4-3-8(10(15)6-9)7-17-11-2-1-5-16-12(11)14/h1-6H,7H2. The van der Waals surface area contributed by atoms with E-state index in [4.69, 9.17) is 16.3 Å². The number of hydrogen-bond donors (Lipinski definition) is 0. The van der Waals surface area contributed by atoms with Crippen LogP contribution in [0.15, 0.2) is 41.0 Å². The van der Waals surface area contributed by atoms with Crippen molar-refractivity contribution in [3.05, 3.63) is 57.5 Å². The number of nitrogens with zero attached hydrogens (tertiary/aromatic N) is 1. The normalized spacial score (nSPS) is 10.3. The number of aromatic nitrogens is 1. The smallest absolute Gasteiger partial charge is 0.171 e. The zero-order valence-electron chi connectivity index (χ0n) is 8.66. The Balaban J connectivity index is 2.10. The van der Waals surface area contributed by atoms with Gasteiger partial charge in [0.25, 0.3) is 0 Å². The highest BCUT2D eigenvalue weighted by Gasteiger charge is 2.06. The number of rotatable bonds is 3. The number of benzene rings is 1. The van der Waals surface area contributed by atoms with Crippen LogP contribution in [0.25, 0.3) is 0 Å². The highest BCUT2D eigenvalue weighted by molar-refractivity contribution is 9.10. The minimum absolute atomic E-state index is 0.116. The van der Waals surface area contributed by atoms with Crippen LogP contribution in [0.1, 0.15) is 5.56 Å². The molecule has 5 heteroatoms. The monoisotopic (exact) mass is 315 g/mol. The molecule has 0 spiro atoms. The molecular weight excluding hydrogens is 308 g/mol. The van der Waals surface area contributed by atoms with Crippen molar-refractivity contribution in [3.8, 4) is 5.75 Å². The summed E-state index contributed by atoms with van der Waals surface area (Å²) in [5.74, 6) is 0.121. The van der Waals surface area contributed by atoms with Gasteiger partial charge < -0.3 is 4.74 Å². The second-order valence-corrected chi connectivity index (χ2v) is 4.59. The molecule has 1 aromatic heterocycles. The molecule has 0 unspecified atom stereocenters. The van der Waals surface area contributed by atoms with Gasteiger partial charge in [-0.15, -0.1) is 0 Å². The fourth-order valence-electron chi connectivity index (χ4n) is 1.27. The second kappa shape index (κ2) is 5.47. The summed E-state index contributed by atoms with van der Waals surface area (Å²) in [6, 6.07) is 8.20. The summed E-state index contributed by atoms with van der Waals surface area (Å²) in [6.45, 7) is 0.116. The first kappa shape index (κ1) is 12.3. The van der Waals surface area contributed by atoms with Crippen molar-refractivity contribution in [1.82, 2.24) is 4.98 Å². The molecule has 0 saturated carbocycles. The first-order valence-electron chi connectivity index (χ1n) is 4.84. The van der Waals surface area contributed by atoms with Gasteiger partial charge in [0.2, 0.25) is 0 Å². The Kier molecular flexibility index (Phi) is 3.97. The maximum Gasteiger partial charge on any atom is 0.171 e. The lowest BCUT2D eigenvalue weighted by molar-refractivity contribution is 0.299. The quantitative estimate of drug-likeness (QED) is 0.791. The number of ether oxygens (including phenoxy) is 1. The Labute approximate surface area is 112 Å². The number of pyridine rings is 1. The Morgan fingerprint density at radius 3 is 2.88 bits per heavy atom. The van der Waals surface area contributed by atoms with E-state index in [1.54, 1.807) is 30.5 Å². The van der Waals surface area contributed by atoms with Gasteiger partial charge in [0.1, 0.15) is 12.4 Å². The van der Waals surface area contributed by atoms with E-state index < -0.39 is 0 Å². The summed E-state index contributed by atoms with van der Waals surface area (Å²) in [7, 11) is 0. The van der Waals surface area contributed by atoms with E-state index >= 15 is 0 Å². The topological polar surface area (TPSA) is 22.1 Å². The van der Waals surface area contributed by atoms with E-state index in [0.29, 0.717) is 15.8 Å². The first-order chi connectivity index (χ1) is 8.16. The molecule has 0 bridgehead atoms. The third kappa shape index (κ3) is 3.17. The third-order valence-corrected chi connectivity index (χ3v) is 2.90. The molecule has 17 heavy (non-hydrogen) atoms. The zero-order valence-corrected chi connectivity index (χ0v) is 11.0. The Hall–Kier alpha value is -1.13. The minimum atomic E-state index is -0.320. The van der Waals surface area contributed by atoms with Gasteiger partial charge in [-0.1, -0.05) is 33.6 Å². The number of hydrogen-bond acceptors (Lipinski definition) is 2. The largest absolute Gasteiger partial charge is 0.486 e. The molecule has 88 valence electrons. The summed E-state index contributed by atoms with van der Waals surface area (Å²) >= 11 is 9.01. The van der Waals surface area contributed by atoms with Gasteiger partial charge in [0.05, 0.1) is 0 Å². The SMILES string of the molecule is Fc1cc(Br)ccc1COc1cccnc1Cl. The Morgan fingerprint density at radius 1 is 1.35 bits per heavy atom. The molecular formula is C12H8BrClFNO. The third-order valence-electron chi connectivity index (χ3n) is 2.12. The van der Waals surface area contributed by atoms with Crippen LogP contribution in [-0.4, -0.2) is 4.98 Å². The van der Waals surface area contributed by atoms with E-state index in [-0.39, 0.29) is 17.6 Å². The maximum atomic E-state index is 13.5. The summed E-state index contributed by atoms with van der Waals surface area (Å²) < 4.78 is 19.6. The van der Waals surface area contributed by atoms with Crippen molar-refractivity contribution in [2.24, 2.45) is 0 Å². The summed E-state index contributed by atoms with van der Waals surface area (Å²) in [5, 5.41) is 0.269.